The Morgan fingerprint density at radius 2 is 1.55 bits per heavy atom. The summed E-state index contributed by atoms with van der Waals surface area (Å²) in [6.07, 6.45) is 2.92. The molecule has 3 aromatic carbocycles. The van der Waals surface area contributed by atoms with E-state index < -0.39 is 36.5 Å². The molecule has 1 fully saturated rings. The molecule has 1 aliphatic carbocycles. The molecule has 1 aromatic heterocycles. The molecule has 0 saturated heterocycles. The Hall–Kier alpha value is -4.62. The van der Waals surface area contributed by atoms with Crippen LogP contribution in [0, 0.1) is 17.0 Å². The van der Waals surface area contributed by atoms with Gasteiger partial charge in [0.15, 0.2) is 23.1 Å². The fourth-order valence-electron chi connectivity index (χ4n) is 5.38. The highest BCUT2D eigenvalue weighted by Crippen LogP contribution is 2.49. The van der Waals surface area contributed by atoms with Crippen molar-refractivity contribution >= 4 is 41.7 Å². The van der Waals surface area contributed by atoms with Gasteiger partial charge in [0.2, 0.25) is 11.8 Å². The molecule has 51 heavy (non-hydrogen) atoms. The first-order valence-corrected chi connectivity index (χ1v) is 18.2. The normalized spacial score (nSPS) is 13.5. The number of aromatic nitrogens is 1. The van der Waals surface area contributed by atoms with E-state index in [9.17, 15) is 18.5 Å². The summed E-state index contributed by atoms with van der Waals surface area (Å²) >= 11 is 0. The maximum Gasteiger partial charge on any atom is 0.344 e. The smallest absolute Gasteiger partial charge is 0.344 e. The van der Waals surface area contributed by atoms with E-state index in [0.29, 0.717) is 66.3 Å². The third-order valence-corrected chi connectivity index (χ3v) is 10.3. The lowest BCUT2D eigenvalue weighted by molar-refractivity contribution is -0.131. The van der Waals surface area contributed by atoms with Crippen molar-refractivity contribution in [2.24, 2.45) is 5.41 Å². The fourth-order valence-corrected chi connectivity index (χ4v) is 7.14. The van der Waals surface area contributed by atoms with E-state index in [-0.39, 0.29) is 30.9 Å². The van der Waals surface area contributed by atoms with Gasteiger partial charge in [-0.05, 0) is 88.7 Å². The van der Waals surface area contributed by atoms with E-state index in [1.807, 2.05) is 11.9 Å². The predicted octanol–water partition coefficient (Wildman–Crippen LogP) is 7.60. The number of halogens is 2. The lowest BCUT2D eigenvalue weighted by atomic mass is 10.0. The number of amides is 2. The maximum absolute atomic E-state index is 15.4. The van der Waals surface area contributed by atoms with Crippen LogP contribution < -0.4 is 24.8 Å². The van der Waals surface area contributed by atoms with E-state index in [1.54, 1.807) is 32.0 Å². The number of benzene rings is 3. The van der Waals surface area contributed by atoms with E-state index in [0.717, 1.165) is 6.07 Å². The van der Waals surface area contributed by atoms with Gasteiger partial charge in [-0.2, -0.15) is 0 Å². The van der Waals surface area contributed by atoms with Gasteiger partial charge in [-0.1, -0.05) is 0 Å². The summed E-state index contributed by atoms with van der Waals surface area (Å²) in [5.41, 5.74) is -0.265. The Kier molecular flexibility index (Phi) is 12.2. The number of anilines is 2. The van der Waals surface area contributed by atoms with Crippen LogP contribution in [0.1, 0.15) is 33.1 Å². The summed E-state index contributed by atoms with van der Waals surface area (Å²) in [6.45, 7) is 4.99. The van der Waals surface area contributed by atoms with Gasteiger partial charge in [0.25, 0.3) is 0 Å². The number of nitrogens with one attached hydrogen (secondary N) is 2. The van der Waals surface area contributed by atoms with Gasteiger partial charge >= 0.3 is 7.60 Å². The minimum Gasteiger partial charge on any atom is -0.493 e. The molecule has 0 spiro atoms. The zero-order valence-corrected chi connectivity index (χ0v) is 29.8. The van der Waals surface area contributed by atoms with Crippen molar-refractivity contribution in [3.8, 4) is 23.0 Å². The van der Waals surface area contributed by atoms with E-state index in [1.165, 1.54) is 49.7 Å². The molecule has 0 unspecified atom stereocenters. The van der Waals surface area contributed by atoms with Crippen LogP contribution in [0.2, 0.25) is 0 Å². The highest BCUT2D eigenvalue weighted by molar-refractivity contribution is 7.53. The minimum absolute atomic E-state index is 0.103. The SMILES string of the molecule is CCOP(=O)(CN(C)CCCOc1cc2c(Oc3ccc(NC(=O)C4(C(=O)Nc5ccc(F)cc5)CC4)cc3F)ccnc2cc1OC)OCC. The number of carbonyl (C=O) groups is 2. The van der Waals surface area contributed by atoms with Crippen molar-refractivity contribution in [3.05, 3.63) is 78.5 Å². The van der Waals surface area contributed by atoms with Gasteiger partial charge in [0.1, 0.15) is 23.3 Å². The number of nitrogens with zero attached hydrogens (tertiary/aromatic N) is 2. The quantitative estimate of drug-likeness (QED) is 0.0599. The first-order valence-electron chi connectivity index (χ1n) is 16.5. The van der Waals surface area contributed by atoms with Crippen LogP contribution in [0.15, 0.2) is 66.9 Å². The summed E-state index contributed by atoms with van der Waals surface area (Å²) < 4.78 is 69.7. The van der Waals surface area contributed by atoms with Crippen LogP contribution in [0.4, 0.5) is 20.2 Å². The standard InChI is InChI=1S/C36H41F2N4O8P/c1-5-48-51(45,49-6-2)23-42(3)18-7-19-47-33-21-27-29(22-32(33)46-4)39-17-14-30(27)50-31-13-12-26(20-28(31)38)41-35(44)36(15-16-36)34(43)40-25-10-8-24(37)9-11-25/h8-14,17,20-22H,5-7,15-16,18-19,23H2,1-4H3,(H,40,43)(H,41,44). The number of hydrogen-bond donors (Lipinski definition) is 2. The Balaban J connectivity index is 1.22. The van der Waals surface area contributed by atoms with Crippen LogP contribution in [-0.2, 0) is 23.2 Å². The van der Waals surface area contributed by atoms with Gasteiger partial charge < -0.3 is 33.9 Å². The lowest BCUT2D eigenvalue weighted by Gasteiger charge is -2.23. The summed E-state index contributed by atoms with van der Waals surface area (Å²) in [5, 5.41) is 5.81. The monoisotopic (exact) mass is 726 g/mol. The summed E-state index contributed by atoms with van der Waals surface area (Å²) in [6, 6.07) is 14.2. The molecule has 4 aromatic rings. The van der Waals surface area contributed by atoms with Crippen molar-refractivity contribution in [1.82, 2.24) is 9.88 Å². The van der Waals surface area contributed by atoms with E-state index in [4.69, 9.17) is 23.3 Å². The summed E-state index contributed by atoms with van der Waals surface area (Å²) in [7, 11) is 0.129. The number of ether oxygens (including phenoxy) is 3. The van der Waals surface area contributed by atoms with Gasteiger partial charge in [-0.25, -0.2) is 8.78 Å². The molecule has 5 rings (SSSR count). The van der Waals surface area contributed by atoms with E-state index in [2.05, 4.69) is 15.6 Å². The predicted molar refractivity (Wildman–Crippen MR) is 189 cm³/mol. The van der Waals surface area contributed by atoms with Crippen molar-refractivity contribution in [2.45, 2.75) is 33.1 Å². The number of carbonyl (C=O) groups excluding carboxylic acids is 2. The first kappa shape index (κ1) is 37.6. The number of fused-ring (bicyclic) bond motifs is 1. The summed E-state index contributed by atoms with van der Waals surface area (Å²) in [5.74, 6) is -1.20. The van der Waals surface area contributed by atoms with Gasteiger partial charge in [-0.15, -0.1) is 0 Å². The van der Waals surface area contributed by atoms with Crippen LogP contribution in [0.3, 0.4) is 0 Å². The van der Waals surface area contributed by atoms with Gasteiger partial charge in [-0.3, -0.25) is 24.0 Å². The van der Waals surface area contributed by atoms with Crippen LogP contribution >= 0.6 is 7.60 Å². The van der Waals surface area contributed by atoms with Crippen LogP contribution in [0.5, 0.6) is 23.0 Å². The molecule has 1 saturated carbocycles. The second-order valence-electron chi connectivity index (χ2n) is 11.9. The molecular formula is C36H41F2N4O8P. The molecule has 2 N–H and O–H groups in total. The molecule has 12 nitrogen and oxygen atoms in total. The second-order valence-corrected chi connectivity index (χ2v) is 14.0. The van der Waals surface area contributed by atoms with Crippen LogP contribution in [-0.4, -0.2) is 68.5 Å². The fraction of sp³-hybridized carbons (Fsp3) is 0.361. The average molecular weight is 727 g/mol. The Bertz CT molecular complexity index is 1900. The molecule has 1 aliphatic rings. The number of rotatable bonds is 18. The largest absolute Gasteiger partial charge is 0.493 e. The molecular weight excluding hydrogens is 685 g/mol. The first-order chi connectivity index (χ1) is 24.5. The third-order valence-electron chi connectivity index (χ3n) is 8.13. The molecule has 0 bridgehead atoms. The number of pyridine rings is 1. The molecule has 0 aliphatic heterocycles. The molecule has 15 heteroatoms. The van der Waals surface area contributed by atoms with Crippen molar-refractivity contribution in [1.29, 1.82) is 0 Å². The zero-order chi connectivity index (χ0) is 36.6. The Labute approximate surface area is 294 Å². The summed E-state index contributed by atoms with van der Waals surface area (Å²) in [4.78, 5) is 32.2. The zero-order valence-electron chi connectivity index (χ0n) is 28.9. The van der Waals surface area contributed by atoms with Crippen molar-refractivity contribution in [2.75, 3.05) is 57.4 Å². The van der Waals surface area contributed by atoms with Crippen LogP contribution in [0.25, 0.3) is 10.9 Å². The minimum atomic E-state index is -3.21. The third kappa shape index (κ3) is 9.39. The average Bonchev–Trinajstić information content (AvgIpc) is 3.91. The molecule has 0 radical (unpaired) electrons. The maximum atomic E-state index is 15.4. The Morgan fingerprint density at radius 3 is 2.18 bits per heavy atom. The lowest BCUT2D eigenvalue weighted by Crippen LogP contribution is -2.35. The molecule has 272 valence electrons. The Morgan fingerprint density at radius 1 is 0.882 bits per heavy atom. The van der Waals surface area contributed by atoms with Gasteiger partial charge in [0.05, 0.1) is 32.4 Å². The molecule has 2 amide bonds. The topological polar surface area (TPSA) is 138 Å². The van der Waals surface area contributed by atoms with Crippen molar-refractivity contribution < 1.29 is 46.2 Å². The number of hydrogen-bond acceptors (Lipinski definition) is 10. The highest BCUT2D eigenvalue weighted by Gasteiger charge is 2.56. The number of methoxy groups -OCH3 is 1. The second kappa shape index (κ2) is 16.6. The molecule has 1 heterocycles. The van der Waals surface area contributed by atoms with E-state index >= 15 is 4.39 Å². The van der Waals surface area contributed by atoms with Gasteiger partial charge in [0, 0.05) is 41.6 Å². The van der Waals surface area contributed by atoms with Crippen molar-refractivity contribution in [3.63, 3.8) is 0 Å². The molecule has 0 atom stereocenters. The highest BCUT2D eigenvalue weighted by atomic mass is 31.2.